The Kier molecular flexibility index (Phi) is 3.58. The van der Waals surface area contributed by atoms with Gasteiger partial charge in [0.25, 0.3) is 0 Å². The molecule has 19 heavy (non-hydrogen) atoms. The average molecular weight is 299 g/mol. The van der Waals surface area contributed by atoms with Gasteiger partial charge in [-0.3, -0.25) is 4.99 Å². The van der Waals surface area contributed by atoms with Crippen LogP contribution >= 0.6 is 23.2 Å². The average Bonchev–Trinajstić information content (AvgIpc) is 3.02. The van der Waals surface area contributed by atoms with E-state index in [2.05, 4.69) is 9.98 Å². The number of hydrogen-bond acceptors (Lipinski definition) is 4. The lowest BCUT2D eigenvalue weighted by Crippen LogP contribution is -2.32. The summed E-state index contributed by atoms with van der Waals surface area (Å²) in [6.45, 7) is 1.07. The zero-order valence-electron chi connectivity index (χ0n) is 10.1. The van der Waals surface area contributed by atoms with E-state index in [9.17, 15) is 0 Å². The summed E-state index contributed by atoms with van der Waals surface area (Å²) in [6.07, 6.45) is 3.86. The molecule has 0 aromatic heterocycles. The smallest absolute Gasteiger partial charge is 0.198 e. The van der Waals surface area contributed by atoms with Crippen molar-refractivity contribution in [3.8, 4) is 0 Å². The molecule has 0 saturated carbocycles. The molecule has 6 heteroatoms. The highest BCUT2D eigenvalue weighted by Gasteiger charge is 2.42. The van der Waals surface area contributed by atoms with E-state index >= 15 is 0 Å². The third kappa shape index (κ3) is 2.54. The third-order valence-electron chi connectivity index (χ3n) is 3.16. The van der Waals surface area contributed by atoms with E-state index in [0.29, 0.717) is 29.7 Å². The lowest BCUT2D eigenvalue weighted by atomic mass is 9.98. The number of halogens is 2. The van der Waals surface area contributed by atoms with Gasteiger partial charge in [-0.05, 0) is 12.1 Å². The SMILES string of the molecule is Clc1ccc(C2(CC3C=NC=N3)OCCO2)c(Cl)c1. The van der Waals surface area contributed by atoms with Gasteiger partial charge < -0.3 is 9.47 Å². The highest BCUT2D eigenvalue weighted by atomic mass is 35.5. The van der Waals surface area contributed by atoms with Crippen molar-refractivity contribution in [3.63, 3.8) is 0 Å². The number of hydrogen-bond donors (Lipinski definition) is 0. The van der Waals surface area contributed by atoms with Gasteiger partial charge >= 0.3 is 0 Å². The van der Waals surface area contributed by atoms with E-state index < -0.39 is 5.79 Å². The molecule has 0 bridgehead atoms. The van der Waals surface area contributed by atoms with Crippen molar-refractivity contribution in [1.29, 1.82) is 0 Å². The maximum absolute atomic E-state index is 6.27. The fraction of sp³-hybridized carbons (Fsp3) is 0.385. The van der Waals surface area contributed by atoms with Gasteiger partial charge in [-0.1, -0.05) is 29.3 Å². The Balaban J connectivity index is 1.95. The normalized spacial score (nSPS) is 24.2. The van der Waals surface area contributed by atoms with Crippen LogP contribution in [0, 0.1) is 0 Å². The largest absolute Gasteiger partial charge is 0.343 e. The first-order valence-electron chi connectivity index (χ1n) is 5.98. The van der Waals surface area contributed by atoms with Gasteiger partial charge in [0.1, 0.15) is 6.34 Å². The minimum absolute atomic E-state index is 0.0511. The van der Waals surface area contributed by atoms with Crippen LogP contribution in [0.25, 0.3) is 0 Å². The molecule has 1 fully saturated rings. The van der Waals surface area contributed by atoms with Crippen LogP contribution in [0.4, 0.5) is 0 Å². The monoisotopic (exact) mass is 298 g/mol. The lowest BCUT2D eigenvalue weighted by Gasteiger charge is -2.29. The molecular formula is C13H12Cl2N2O2. The molecule has 2 aliphatic rings. The molecular weight excluding hydrogens is 287 g/mol. The van der Waals surface area contributed by atoms with E-state index in [-0.39, 0.29) is 6.04 Å². The first kappa shape index (κ1) is 13.1. The van der Waals surface area contributed by atoms with E-state index in [1.807, 2.05) is 6.07 Å². The molecule has 0 N–H and O–H groups in total. The second-order valence-electron chi connectivity index (χ2n) is 4.41. The van der Waals surface area contributed by atoms with Crippen molar-refractivity contribution in [2.75, 3.05) is 13.2 Å². The Morgan fingerprint density at radius 3 is 2.68 bits per heavy atom. The van der Waals surface area contributed by atoms with Crippen molar-refractivity contribution in [2.45, 2.75) is 18.2 Å². The first-order chi connectivity index (χ1) is 9.20. The van der Waals surface area contributed by atoms with E-state index in [1.54, 1.807) is 18.3 Å². The predicted molar refractivity (Wildman–Crippen MR) is 75.4 cm³/mol. The molecule has 0 spiro atoms. The van der Waals surface area contributed by atoms with Crippen LogP contribution in [0.2, 0.25) is 10.0 Å². The quantitative estimate of drug-likeness (QED) is 0.861. The molecule has 2 heterocycles. The highest BCUT2D eigenvalue weighted by molar-refractivity contribution is 6.35. The third-order valence-corrected chi connectivity index (χ3v) is 3.70. The van der Waals surface area contributed by atoms with Crippen LogP contribution in [0.15, 0.2) is 28.2 Å². The highest BCUT2D eigenvalue weighted by Crippen LogP contribution is 2.40. The Hall–Kier alpha value is -0.940. The molecule has 0 amide bonds. The fourth-order valence-corrected chi connectivity index (χ4v) is 2.87. The van der Waals surface area contributed by atoms with Crippen LogP contribution in [0.5, 0.6) is 0 Å². The summed E-state index contributed by atoms with van der Waals surface area (Å²) in [5.74, 6) is -0.861. The van der Waals surface area contributed by atoms with Crippen molar-refractivity contribution in [1.82, 2.24) is 0 Å². The van der Waals surface area contributed by atoms with Crippen molar-refractivity contribution in [2.24, 2.45) is 9.98 Å². The van der Waals surface area contributed by atoms with E-state index in [0.717, 1.165) is 5.56 Å². The maximum Gasteiger partial charge on any atom is 0.198 e. The Morgan fingerprint density at radius 1 is 1.26 bits per heavy atom. The zero-order chi connectivity index (χ0) is 13.3. The molecule has 0 radical (unpaired) electrons. The molecule has 3 rings (SSSR count). The van der Waals surface area contributed by atoms with Crippen LogP contribution in [0.3, 0.4) is 0 Å². The number of aliphatic imine (C=N–C) groups is 2. The minimum atomic E-state index is -0.861. The minimum Gasteiger partial charge on any atom is -0.343 e. The summed E-state index contributed by atoms with van der Waals surface area (Å²) in [4.78, 5) is 8.23. The number of benzene rings is 1. The summed E-state index contributed by atoms with van der Waals surface area (Å²) < 4.78 is 11.6. The summed E-state index contributed by atoms with van der Waals surface area (Å²) in [5, 5.41) is 1.12. The molecule has 1 atom stereocenters. The second-order valence-corrected chi connectivity index (χ2v) is 5.25. The zero-order valence-corrected chi connectivity index (χ0v) is 11.6. The van der Waals surface area contributed by atoms with E-state index in [4.69, 9.17) is 32.7 Å². The van der Waals surface area contributed by atoms with E-state index in [1.165, 1.54) is 6.34 Å². The van der Waals surface area contributed by atoms with Gasteiger partial charge in [0, 0.05) is 23.2 Å². The first-order valence-corrected chi connectivity index (χ1v) is 6.74. The van der Waals surface area contributed by atoms with Crippen LogP contribution in [0.1, 0.15) is 12.0 Å². The van der Waals surface area contributed by atoms with Gasteiger partial charge in [-0.15, -0.1) is 0 Å². The lowest BCUT2D eigenvalue weighted by molar-refractivity contribution is -0.170. The molecule has 100 valence electrons. The summed E-state index contributed by atoms with van der Waals surface area (Å²) in [5.41, 5.74) is 0.784. The molecule has 1 aromatic carbocycles. The molecule has 2 aliphatic heterocycles. The van der Waals surface area contributed by atoms with Gasteiger partial charge in [-0.2, -0.15) is 0 Å². The Bertz CT molecular complexity index is 527. The predicted octanol–water partition coefficient (Wildman–Crippen LogP) is 3.06. The standard InChI is InChI=1S/C13H12Cl2N2O2/c14-9-1-2-11(12(15)5-9)13(18-3-4-19-13)6-10-7-16-8-17-10/h1-2,5,7-8,10H,3-4,6H2. The fourth-order valence-electron chi connectivity index (χ4n) is 2.32. The van der Waals surface area contributed by atoms with Gasteiger partial charge in [0.05, 0.1) is 24.3 Å². The Labute approximate surface area is 121 Å². The number of nitrogens with zero attached hydrogens (tertiary/aromatic N) is 2. The summed E-state index contributed by atoms with van der Waals surface area (Å²) >= 11 is 12.2. The van der Waals surface area contributed by atoms with Crippen molar-refractivity contribution >= 4 is 35.8 Å². The van der Waals surface area contributed by atoms with Crippen molar-refractivity contribution < 1.29 is 9.47 Å². The van der Waals surface area contributed by atoms with Gasteiger partial charge in [0.2, 0.25) is 0 Å². The summed E-state index contributed by atoms with van der Waals surface area (Å²) in [7, 11) is 0. The summed E-state index contributed by atoms with van der Waals surface area (Å²) in [6, 6.07) is 5.26. The van der Waals surface area contributed by atoms with Crippen LogP contribution in [-0.4, -0.2) is 31.8 Å². The topological polar surface area (TPSA) is 43.2 Å². The van der Waals surface area contributed by atoms with Gasteiger partial charge in [-0.25, -0.2) is 4.99 Å². The molecule has 4 nitrogen and oxygen atoms in total. The molecule has 1 unspecified atom stereocenters. The molecule has 1 aromatic rings. The van der Waals surface area contributed by atoms with Crippen LogP contribution in [-0.2, 0) is 15.3 Å². The number of ether oxygens (including phenoxy) is 2. The molecule has 0 aliphatic carbocycles. The van der Waals surface area contributed by atoms with Gasteiger partial charge in [0.15, 0.2) is 5.79 Å². The Morgan fingerprint density at radius 2 is 2.05 bits per heavy atom. The van der Waals surface area contributed by atoms with Crippen LogP contribution < -0.4 is 0 Å². The molecule has 1 saturated heterocycles. The maximum atomic E-state index is 6.27. The van der Waals surface area contributed by atoms with Crippen molar-refractivity contribution in [3.05, 3.63) is 33.8 Å². The second kappa shape index (κ2) is 5.21. The number of rotatable bonds is 3.